The van der Waals surface area contributed by atoms with Crippen molar-refractivity contribution in [3.63, 3.8) is 0 Å². The van der Waals surface area contributed by atoms with Crippen LogP contribution in [0.25, 0.3) is 77.1 Å². The van der Waals surface area contributed by atoms with Crippen LogP contribution in [-0.2, 0) is 0 Å². The molecule has 11 rings (SSSR count). The summed E-state index contributed by atoms with van der Waals surface area (Å²) < 4.78 is 6.24. The van der Waals surface area contributed by atoms with Gasteiger partial charge in [0.15, 0.2) is 11.6 Å². The Morgan fingerprint density at radius 1 is 0.468 bits per heavy atom. The highest BCUT2D eigenvalue weighted by atomic mass is 35.5. The second-order valence-electron chi connectivity index (χ2n) is 16.4. The highest BCUT2D eigenvalue weighted by molar-refractivity contribution is 7.17. The molecule has 6 nitrogen and oxygen atoms in total. The Morgan fingerprint density at radius 2 is 0.806 bits per heavy atom. The number of thiophene rings is 4. The summed E-state index contributed by atoms with van der Waals surface area (Å²) in [6, 6.07) is 29.6. The number of aromatic nitrogens is 4. The Labute approximate surface area is 386 Å². The molecule has 2 aliphatic carbocycles. The van der Waals surface area contributed by atoms with E-state index in [2.05, 4.69) is 97.5 Å². The number of allylic oxidation sites excluding steroid dienone is 4. The van der Waals surface area contributed by atoms with Crippen LogP contribution in [0.15, 0.2) is 84.9 Å². The number of halogens is 2. The topological polar surface area (TPSA) is 87.7 Å². The van der Waals surface area contributed by atoms with Crippen molar-refractivity contribution in [1.82, 2.24) is 19.1 Å². The number of aryl methyl sites for hydroxylation is 4. The van der Waals surface area contributed by atoms with Crippen molar-refractivity contribution in [2.45, 2.75) is 66.2 Å². The highest BCUT2D eigenvalue weighted by Crippen LogP contribution is 2.49. The molecule has 6 heterocycles. The maximum atomic E-state index is 6.52. The van der Waals surface area contributed by atoms with Crippen LogP contribution in [0.4, 0.5) is 11.4 Å². The van der Waals surface area contributed by atoms with Crippen molar-refractivity contribution in [3.8, 4) is 32.8 Å². The molecule has 0 bridgehead atoms. The molecule has 0 atom stereocenters. The lowest BCUT2D eigenvalue weighted by atomic mass is 9.98. The monoisotopic (exact) mass is 924 g/mol. The van der Waals surface area contributed by atoms with Crippen LogP contribution in [0.1, 0.15) is 80.3 Å². The zero-order chi connectivity index (χ0) is 42.6. The van der Waals surface area contributed by atoms with Crippen molar-refractivity contribution in [1.29, 1.82) is 0 Å². The van der Waals surface area contributed by atoms with Crippen LogP contribution < -0.4 is 11.5 Å². The van der Waals surface area contributed by atoms with Crippen LogP contribution in [0.5, 0.6) is 0 Å². The molecule has 9 aromatic rings. The Balaban J connectivity index is 1.10. The molecule has 0 aliphatic heterocycles. The van der Waals surface area contributed by atoms with Gasteiger partial charge >= 0.3 is 0 Å². The van der Waals surface area contributed by atoms with Crippen molar-refractivity contribution in [2.75, 3.05) is 11.5 Å². The number of hydrogen-bond donors (Lipinski definition) is 2. The van der Waals surface area contributed by atoms with Gasteiger partial charge in [0, 0.05) is 42.3 Å². The van der Waals surface area contributed by atoms with Gasteiger partial charge in [0.2, 0.25) is 0 Å². The largest absolute Gasteiger partial charge is 0.399 e. The quantitative estimate of drug-likeness (QED) is 0.149. The predicted octanol–water partition coefficient (Wildman–Crippen LogP) is 15.8. The lowest BCUT2D eigenvalue weighted by Crippen LogP contribution is -1.98. The fourth-order valence-electron chi connectivity index (χ4n) is 9.70. The SMILES string of the molecule is Cc1sc(Cl)cc1C1=C(c2cc(-c3nc4cc5c(cc4n3-c3ccc(N)cc3)nc(-c3cc(C4=C(c6cc(Cl)sc6C)CCC4)c(C)s3)n5-c3ccc(N)cc3)sc2C)CCC1. The summed E-state index contributed by atoms with van der Waals surface area (Å²) in [5, 5.41) is 0. The first-order valence-electron chi connectivity index (χ1n) is 20.8. The molecule has 0 saturated heterocycles. The summed E-state index contributed by atoms with van der Waals surface area (Å²) in [6.45, 7) is 8.85. The maximum absolute atomic E-state index is 6.52. The number of rotatable bonds is 8. The van der Waals surface area contributed by atoms with Crippen molar-refractivity contribution in [2.24, 2.45) is 0 Å². The van der Waals surface area contributed by atoms with Crippen LogP contribution in [0, 0.1) is 27.7 Å². The lowest BCUT2D eigenvalue weighted by molar-refractivity contribution is 0.941. The van der Waals surface area contributed by atoms with Crippen LogP contribution >= 0.6 is 68.5 Å². The van der Waals surface area contributed by atoms with Gasteiger partial charge in [-0.15, -0.1) is 45.3 Å². The van der Waals surface area contributed by atoms with E-state index in [4.69, 9.17) is 44.6 Å². The first kappa shape index (κ1) is 39.9. The van der Waals surface area contributed by atoms with E-state index in [1.54, 1.807) is 45.3 Å². The summed E-state index contributed by atoms with van der Waals surface area (Å²) in [4.78, 5) is 18.3. The van der Waals surface area contributed by atoms with Crippen molar-refractivity contribution < 1.29 is 0 Å². The summed E-state index contributed by atoms with van der Waals surface area (Å²) in [7, 11) is 0. The van der Waals surface area contributed by atoms with Crippen LogP contribution in [-0.4, -0.2) is 19.1 Å². The zero-order valence-corrected chi connectivity index (χ0v) is 39.4. The van der Waals surface area contributed by atoms with Gasteiger partial charge in [-0.3, -0.25) is 9.13 Å². The summed E-state index contributed by atoms with van der Waals surface area (Å²) in [5.41, 5.74) is 30.6. The minimum atomic E-state index is 0.716. The molecule has 0 amide bonds. The van der Waals surface area contributed by atoms with Gasteiger partial charge in [0.05, 0.1) is 40.5 Å². The average Bonchev–Trinajstić information content (AvgIpc) is 4.11. The van der Waals surface area contributed by atoms with E-state index < -0.39 is 0 Å². The standard InChI is InChI=1S/C50H42Cl2N6S4/c1-25-37(33-7-5-9-35(33)39-21-47(51)61-27(39)3)19-45(59-25)49-55-41-23-44-42(24-43(41)57(49)31-15-11-29(53)12-16-31)56-50(58(44)32-17-13-30(54)14-18-32)46-20-38(26(2)60-46)34-8-6-10-36(34)40-22-48(52)62-28(40)4/h11-24H,5-10,53-54H2,1-4H3. The molecule has 0 saturated carbocycles. The summed E-state index contributed by atoms with van der Waals surface area (Å²) >= 11 is 20.0. The van der Waals surface area contributed by atoms with E-state index in [-0.39, 0.29) is 0 Å². The van der Waals surface area contributed by atoms with Gasteiger partial charge in [0.1, 0.15) is 0 Å². The average molecular weight is 926 g/mol. The summed E-state index contributed by atoms with van der Waals surface area (Å²) in [5.74, 6) is 1.79. The minimum absolute atomic E-state index is 0.716. The molecule has 4 N–H and O–H groups in total. The second kappa shape index (κ2) is 15.4. The van der Waals surface area contributed by atoms with Crippen LogP contribution in [0.3, 0.4) is 0 Å². The van der Waals surface area contributed by atoms with E-state index in [1.165, 1.54) is 64.1 Å². The third-order valence-electron chi connectivity index (χ3n) is 12.5. The van der Waals surface area contributed by atoms with E-state index in [1.807, 2.05) is 24.3 Å². The molecule has 12 heteroatoms. The molecular weight excluding hydrogens is 884 g/mol. The second-order valence-corrected chi connectivity index (χ2v) is 22.7. The fraction of sp³-hybridized carbons (Fsp3) is 0.200. The molecule has 2 aliphatic rings. The maximum Gasteiger partial charge on any atom is 0.155 e. The molecule has 0 spiro atoms. The Kier molecular flexibility index (Phi) is 9.90. The predicted molar refractivity (Wildman–Crippen MR) is 270 cm³/mol. The third-order valence-corrected chi connectivity index (χ3v) is 17.0. The highest BCUT2D eigenvalue weighted by Gasteiger charge is 2.28. The molecule has 310 valence electrons. The molecule has 0 unspecified atom stereocenters. The van der Waals surface area contributed by atoms with E-state index >= 15 is 0 Å². The van der Waals surface area contributed by atoms with Gasteiger partial charge < -0.3 is 11.5 Å². The number of nitrogens with zero attached hydrogens (tertiary/aromatic N) is 4. The Hall–Kier alpha value is -4.94. The third kappa shape index (κ3) is 6.69. The van der Waals surface area contributed by atoms with E-state index in [0.29, 0.717) is 11.4 Å². The number of nitrogen functional groups attached to an aromatic ring is 2. The van der Waals surface area contributed by atoms with Gasteiger partial charge in [-0.1, -0.05) is 23.2 Å². The fourth-order valence-corrected chi connectivity index (χ4v) is 14.2. The number of hydrogen-bond acceptors (Lipinski definition) is 8. The smallest absolute Gasteiger partial charge is 0.155 e. The lowest BCUT2D eigenvalue weighted by Gasteiger charge is -2.10. The first-order chi connectivity index (χ1) is 30.0. The molecular formula is C50H42Cl2N6S4. The van der Waals surface area contributed by atoms with Crippen LogP contribution in [0.2, 0.25) is 8.67 Å². The molecule has 62 heavy (non-hydrogen) atoms. The number of nitrogens with two attached hydrogens (primary N) is 2. The van der Waals surface area contributed by atoms with E-state index in [9.17, 15) is 0 Å². The zero-order valence-electron chi connectivity index (χ0n) is 34.7. The molecule has 6 aromatic heterocycles. The Bertz CT molecular complexity index is 3110. The number of imidazole rings is 2. The number of anilines is 2. The first-order valence-corrected chi connectivity index (χ1v) is 24.9. The van der Waals surface area contributed by atoms with E-state index in [0.717, 1.165) is 102 Å². The molecule has 0 fully saturated rings. The van der Waals surface area contributed by atoms with Crippen molar-refractivity contribution in [3.05, 3.63) is 135 Å². The van der Waals surface area contributed by atoms with Crippen molar-refractivity contribution >= 4 is 124 Å². The minimum Gasteiger partial charge on any atom is -0.399 e. The number of fused-ring (bicyclic) bond motifs is 2. The van der Waals surface area contributed by atoms with Gasteiger partial charge in [0.25, 0.3) is 0 Å². The Morgan fingerprint density at radius 3 is 1.15 bits per heavy atom. The molecule has 0 radical (unpaired) electrons. The normalized spacial score (nSPS) is 14.5. The van der Waals surface area contributed by atoms with Gasteiger partial charge in [-0.25, -0.2) is 9.97 Å². The molecule has 3 aromatic carbocycles. The van der Waals surface area contributed by atoms with Gasteiger partial charge in [-0.05, 0) is 196 Å². The summed E-state index contributed by atoms with van der Waals surface area (Å²) in [6.07, 6.45) is 6.50. The van der Waals surface area contributed by atoms with Gasteiger partial charge in [-0.2, -0.15) is 0 Å². The number of benzene rings is 3.